The lowest BCUT2D eigenvalue weighted by molar-refractivity contribution is 1.08. The third-order valence-electron chi connectivity index (χ3n) is 3.20. The van der Waals surface area contributed by atoms with Gasteiger partial charge in [-0.3, -0.25) is 0 Å². The summed E-state index contributed by atoms with van der Waals surface area (Å²) in [5.41, 5.74) is 0.945. The molecule has 0 heterocycles. The molecule has 0 unspecified atom stereocenters. The molecule has 88 valence electrons. The molecule has 3 heteroatoms. The molecular formula is C15H10ClNO. The Bertz CT molecular complexity index is 695. The van der Waals surface area contributed by atoms with E-state index in [2.05, 4.69) is 5.18 Å². The topological polar surface area (TPSA) is 29.4 Å². The van der Waals surface area contributed by atoms with Crippen molar-refractivity contribution < 1.29 is 0 Å². The summed E-state index contributed by atoms with van der Waals surface area (Å²) < 4.78 is 0. The van der Waals surface area contributed by atoms with Crippen LogP contribution in [0.1, 0.15) is 5.56 Å². The normalized spacial score (nSPS) is 10.9. The van der Waals surface area contributed by atoms with Crippen LogP contribution < -0.4 is 0 Å². The standard InChI is InChI=1S/C15H10ClNO/c16-15-12-7-3-1-5-10(12)14(9-17-18)11-6-2-4-8-13(11)15/h1-8H,9H2. The van der Waals surface area contributed by atoms with Gasteiger partial charge in [0, 0.05) is 10.8 Å². The van der Waals surface area contributed by atoms with E-state index in [9.17, 15) is 4.91 Å². The minimum absolute atomic E-state index is 0.165. The fourth-order valence-electron chi connectivity index (χ4n) is 2.40. The van der Waals surface area contributed by atoms with E-state index < -0.39 is 0 Å². The highest BCUT2D eigenvalue weighted by molar-refractivity contribution is 6.41. The number of halogens is 1. The molecule has 3 aromatic carbocycles. The van der Waals surface area contributed by atoms with Gasteiger partial charge in [-0.2, -0.15) is 4.91 Å². The first-order valence-electron chi connectivity index (χ1n) is 5.70. The number of hydrogen-bond donors (Lipinski definition) is 0. The lowest BCUT2D eigenvalue weighted by Gasteiger charge is -2.11. The first-order chi connectivity index (χ1) is 8.83. The van der Waals surface area contributed by atoms with Crippen LogP contribution >= 0.6 is 11.6 Å². The van der Waals surface area contributed by atoms with Crippen molar-refractivity contribution in [3.63, 3.8) is 0 Å². The summed E-state index contributed by atoms with van der Waals surface area (Å²) >= 11 is 6.44. The van der Waals surface area contributed by atoms with Crippen molar-refractivity contribution in [3.8, 4) is 0 Å². The van der Waals surface area contributed by atoms with Gasteiger partial charge in [0.1, 0.15) is 6.54 Å². The SMILES string of the molecule is O=NCc1c2ccccc2c(Cl)c2ccccc12. The zero-order chi connectivity index (χ0) is 12.5. The molecule has 0 aliphatic rings. The Balaban J connectivity index is 2.58. The summed E-state index contributed by atoms with van der Waals surface area (Å²) in [4.78, 5) is 10.7. The zero-order valence-corrected chi connectivity index (χ0v) is 10.3. The Hall–Kier alpha value is -1.93. The van der Waals surface area contributed by atoms with Crippen LogP contribution in [0.15, 0.2) is 53.7 Å². The number of benzene rings is 3. The van der Waals surface area contributed by atoms with Crippen molar-refractivity contribution in [1.82, 2.24) is 0 Å². The van der Waals surface area contributed by atoms with E-state index in [1.165, 1.54) is 0 Å². The van der Waals surface area contributed by atoms with E-state index in [-0.39, 0.29) is 6.54 Å². The average Bonchev–Trinajstić information content (AvgIpc) is 2.43. The van der Waals surface area contributed by atoms with E-state index in [1.54, 1.807) is 0 Å². The molecule has 0 saturated heterocycles. The molecule has 0 aliphatic heterocycles. The number of nitroso groups, excluding NO2 is 1. The van der Waals surface area contributed by atoms with Crippen LogP contribution in [-0.2, 0) is 6.54 Å². The van der Waals surface area contributed by atoms with Crippen LogP contribution in [0.25, 0.3) is 21.5 Å². The Kier molecular flexibility index (Phi) is 2.73. The van der Waals surface area contributed by atoms with Gasteiger partial charge in [-0.25, -0.2) is 0 Å². The molecule has 0 aliphatic carbocycles. The summed E-state index contributed by atoms with van der Waals surface area (Å²) in [6.45, 7) is 0.165. The molecule has 0 fully saturated rings. The molecule has 0 radical (unpaired) electrons. The Labute approximate surface area is 109 Å². The van der Waals surface area contributed by atoms with E-state index >= 15 is 0 Å². The van der Waals surface area contributed by atoms with Gasteiger partial charge in [-0.05, 0) is 16.3 Å². The van der Waals surface area contributed by atoms with Gasteiger partial charge in [0.2, 0.25) is 0 Å². The number of nitrogens with zero attached hydrogens (tertiary/aromatic N) is 1. The minimum Gasteiger partial charge on any atom is -0.150 e. The first-order valence-corrected chi connectivity index (χ1v) is 6.07. The fourth-order valence-corrected chi connectivity index (χ4v) is 2.73. The molecule has 0 saturated carbocycles. The van der Waals surface area contributed by atoms with Crippen molar-refractivity contribution in [2.24, 2.45) is 5.18 Å². The summed E-state index contributed by atoms with van der Waals surface area (Å²) in [6, 6.07) is 15.7. The maximum absolute atomic E-state index is 10.7. The maximum Gasteiger partial charge on any atom is 0.107 e. The van der Waals surface area contributed by atoms with Crippen molar-refractivity contribution in [1.29, 1.82) is 0 Å². The predicted molar refractivity (Wildman–Crippen MR) is 76.0 cm³/mol. The van der Waals surface area contributed by atoms with Gasteiger partial charge in [0.05, 0.1) is 5.02 Å². The largest absolute Gasteiger partial charge is 0.150 e. The quantitative estimate of drug-likeness (QED) is 0.472. The zero-order valence-electron chi connectivity index (χ0n) is 9.56. The van der Waals surface area contributed by atoms with Crippen LogP contribution in [0.4, 0.5) is 0 Å². The second-order valence-corrected chi connectivity index (χ2v) is 4.55. The Morgan fingerprint density at radius 1 is 0.833 bits per heavy atom. The van der Waals surface area contributed by atoms with Crippen molar-refractivity contribution in [2.75, 3.05) is 0 Å². The van der Waals surface area contributed by atoms with Crippen LogP contribution in [-0.4, -0.2) is 0 Å². The van der Waals surface area contributed by atoms with Gasteiger partial charge >= 0.3 is 0 Å². The summed E-state index contributed by atoms with van der Waals surface area (Å²) in [5, 5.41) is 7.71. The summed E-state index contributed by atoms with van der Waals surface area (Å²) in [6.07, 6.45) is 0. The molecule has 3 rings (SSSR count). The highest BCUT2D eigenvalue weighted by atomic mass is 35.5. The van der Waals surface area contributed by atoms with Crippen molar-refractivity contribution in [2.45, 2.75) is 6.54 Å². The van der Waals surface area contributed by atoms with E-state index in [1.807, 2.05) is 48.5 Å². The van der Waals surface area contributed by atoms with Gasteiger partial charge in [-0.1, -0.05) is 65.3 Å². The second kappa shape index (κ2) is 4.39. The smallest absolute Gasteiger partial charge is 0.107 e. The highest BCUT2D eigenvalue weighted by Crippen LogP contribution is 2.36. The van der Waals surface area contributed by atoms with Gasteiger partial charge in [0.25, 0.3) is 0 Å². The lowest BCUT2D eigenvalue weighted by atomic mass is 9.97. The van der Waals surface area contributed by atoms with Gasteiger partial charge in [0.15, 0.2) is 0 Å². The molecule has 18 heavy (non-hydrogen) atoms. The molecule has 0 bridgehead atoms. The van der Waals surface area contributed by atoms with E-state index in [4.69, 9.17) is 11.6 Å². The van der Waals surface area contributed by atoms with Gasteiger partial charge < -0.3 is 0 Å². The van der Waals surface area contributed by atoms with E-state index in [0.29, 0.717) is 0 Å². The van der Waals surface area contributed by atoms with Crippen LogP contribution in [0.5, 0.6) is 0 Å². The first kappa shape index (κ1) is 11.2. The lowest BCUT2D eigenvalue weighted by Crippen LogP contribution is -1.89. The third-order valence-corrected chi connectivity index (χ3v) is 3.61. The summed E-state index contributed by atoms with van der Waals surface area (Å²) in [7, 11) is 0. The highest BCUT2D eigenvalue weighted by Gasteiger charge is 2.11. The fraction of sp³-hybridized carbons (Fsp3) is 0.0667. The number of hydrogen-bond acceptors (Lipinski definition) is 2. The van der Waals surface area contributed by atoms with Crippen LogP contribution in [0.3, 0.4) is 0 Å². The predicted octanol–water partition coefficient (Wildman–Crippen LogP) is 4.91. The van der Waals surface area contributed by atoms with Gasteiger partial charge in [-0.15, -0.1) is 0 Å². The monoisotopic (exact) mass is 255 g/mol. The molecule has 0 aromatic heterocycles. The average molecular weight is 256 g/mol. The third kappa shape index (κ3) is 1.57. The number of fused-ring (bicyclic) bond motifs is 2. The molecule has 0 atom stereocenters. The molecule has 0 spiro atoms. The van der Waals surface area contributed by atoms with Crippen molar-refractivity contribution >= 4 is 33.1 Å². The minimum atomic E-state index is 0.165. The molecule has 3 aromatic rings. The Morgan fingerprint density at radius 3 is 1.72 bits per heavy atom. The second-order valence-electron chi connectivity index (χ2n) is 4.17. The molecule has 0 amide bonds. The number of rotatable bonds is 2. The Morgan fingerprint density at radius 2 is 1.28 bits per heavy atom. The van der Waals surface area contributed by atoms with Crippen LogP contribution in [0, 0.1) is 4.91 Å². The summed E-state index contributed by atoms with van der Waals surface area (Å²) in [5.74, 6) is 0. The molecule has 2 nitrogen and oxygen atoms in total. The maximum atomic E-state index is 10.7. The molecular weight excluding hydrogens is 246 g/mol. The molecule has 0 N–H and O–H groups in total. The van der Waals surface area contributed by atoms with E-state index in [0.717, 1.165) is 32.1 Å². The van der Waals surface area contributed by atoms with Crippen molar-refractivity contribution in [3.05, 3.63) is 64.0 Å². The van der Waals surface area contributed by atoms with Crippen LogP contribution in [0.2, 0.25) is 5.02 Å².